The smallest absolute Gasteiger partial charge is 0.253 e. The van der Waals surface area contributed by atoms with Gasteiger partial charge in [0.1, 0.15) is 5.82 Å². The van der Waals surface area contributed by atoms with E-state index in [2.05, 4.69) is 44.9 Å². The minimum Gasteiger partial charge on any atom is -0.381 e. The van der Waals surface area contributed by atoms with E-state index < -0.39 is 0 Å². The van der Waals surface area contributed by atoms with Crippen LogP contribution in [0.25, 0.3) is 22.2 Å². The molecule has 1 aliphatic rings. The number of aromatic amines is 1. The fraction of sp³-hybridized carbons (Fsp3) is 0.344. The first-order valence-electron chi connectivity index (χ1n) is 13.7. The second-order valence-corrected chi connectivity index (χ2v) is 10.8. The van der Waals surface area contributed by atoms with Crippen molar-refractivity contribution in [3.8, 4) is 11.1 Å². The molecule has 5 heterocycles. The lowest BCUT2D eigenvalue weighted by Gasteiger charge is -2.22. The number of allylic oxidation sites excluding steroid dienone is 1. The molecule has 0 saturated carbocycles. The Kier molecular flexibility index (Phi) is 7.63. The van der Waals surface area contributed by atoms with Gasteiger partial charge in [-0.25, -0.2) is 4.98 Å². The third-order valence-electron chi connectivity index (χ3n) is 7.87. The third-order valence-corrected chi connectivity index (χ3v) is 7.87. The van der Waals surface area contributed by atoms with Gasteiger partial charge in [0.2, 0.25) is 0 Å². The maximum Gasteiger partial charge on any atom is 0.253 e. The summed E-state index contributed by atoms with van der Waals surface area (Å²) < 4.78 is 7.81. The number of aromatic nitrogens is 3. The minimum atomic E-state index is -0.207. The maximum absolute atomic E-state index is 13.8. The molecular weight excluding hydrogens is 502 g/mol. The zero-order valence-electron chi connectivity index (χ0n) is 24.1. The Morgan fingerprint density at radius 3 is 2.58 bits per heavy atom. The zero-order chi connectivity index (χ0) is 28.6. The highest BCUT2D eigenvalue weighted by Gasteiger charge is 2.22. The number of amides is 1. The van der Waals surface area contributed by atoms with Crippen LogP contribution >= 0.6 is 0 Å². The number of nitrogens with zero attached hydrogens (tertiary/aromatic N) is 3. The summed E-state index contributed by atoms with van der Waals surface area (Å²) in [5.41, 5.74) is 10.1. The topological polar surface area (TPSA) is 91.7 Å². The van der Waals surface area contributed by atoms with Crippen LogP contribution < -0.4 is 15.8 Å². The van der Waals surface area contributed by atoms with Gasteiger partial charge in [-0.3, -0.25) is 9.59 Å². The highest BCUT2D eigenvalue weighted by Crippen LogP contribution is 2.35. The number of anilines is 1. The molecule has 208 valence electrons. The molecule has 4 aromatic rings. The molecule has 0 unspecified atom stereocenters. The second-order valence-electron chi connectivity index (χ2n) is 10.8. The van der Waals surface area contributed by atoms with E-state index in [4.69, 9.17) is 4.74 Å². The summed E-state index contributed by atoms with van der Waals surface area (Å²) in [5.74, 6) is 0.655. The molecule has 8 nitrogen and oxygen atoms in total. The Balaban J connectivity index is 1.64. The molecular formula is C32H37N5O3. The molecule has 40 heavy (non-hydrogen) atoms. The molecule has 0 spiro atoms. The molecule has 1 aliphatic heterocycles. The van der Waals surface area contributed by atoms with Crippen molar-refractivity contribution in [1.29, 1.82) is 0 Å². The number of carbonyl (C=O) groups excluding carboxylic acids is 1. The van der Waals surface area contributed by atoms with Crippen molar-refractivity contribution in [1.82, 2.24) is 19.7 Å². The van der Waals surface area contributed by atoms with Gasteiger partial charge in [0.05, 0.1) is 24.4 Å². The summed E-state index contributed by atoms with van der Waals surface area (Å²) in [6, 6.07) is 10.0. The van der Waals surface area contributed by atoms with Crippen LogP contribution in [0.4, 0.5) is 5.82 Å². The van der Waals surface area contributed by atoms with Crippen molar-refractivity contribution >= 4 is 22.8 Å². The molecule has 0 bridgehead atoms. The van der Waals surface area contributed by atoms with Crippen molar-refractivity contribution < 1.29 is 9.53 Å². The summed E-state index contributed by atoms with van der Waals surface area (Å²) in [5, 5.41) is 3.02. The van der Waals surface area contributed by atoms with Crippen LogP contribution in [0.2, 0.25) is 0 Å². The van der Waals surface area contributed by atoms with Crippen LogP contribution in [0.1, 0.15) is 58.2 Å². The number of fused-ring (bicyclic) bond motifs is 1. The zero-order valence-corrected chi connectivity index (χ0v) is 24.1. The Morgan fingerprint density at radius 1 is 1.12 bits per heavy atom. The van der Waals surface area contributed by atoms with Gasteiger partial charge in [-0.1, -0.05) is 5.57 Å². The van der Waals surface area contributed by atoms with E-state index in [1.165, 1.54) is 11.1 Å². The number of ether oxygens (including phenoxy) is 1. The van der Waals surface area contributed by atoms with Crippen LogP contribution in [0.3, 0.4) is 0 Å². The van der Waals surface area contributed by atoms with Crippen molar-refractivity contribution in [2.75, 3.05) is 32.2 Å². The summed E-state index contributed by atoms with van der Waals surface area (Å²) in [6.07, 6.45) is 5.66. The van der Waals surface area contributed by atoms with Gasteiger partial charge in [-0.2, -0.15) is 0 Å². The standard InChI is InChI=1S/C32H37N5O3/c1-19-15-20(2)35-32(39)27(19)18-34-31(38)26-17-28-25(24-7-11-33-29(16-24)36(5)6)8-12-37(28)30(22(26)4)21(3)23-9-13-40-14-10-23/h7-8,11-12,15-17H,9-10,13-14,18H2,1-6H3,(H,34,38)(H,35,39). The summed E-state index contributed by atoms with van der Waals surface area (Å²) in [7, 11) is 3.94. The van der Waals surface area contributed by atoms with E-state index in [-0.39, 0.29) is 18.0 Å². The van der Waals surface area contributed by atoms with Crippen molar-refractivity contribution in [2.45, 2.75) is 47.1 Å². The predicted octanol–water partition coefficient (Wildman–Crippen LogP) is 5.19. The Bertz CT molecular complexity index is 1680. The monoisotopic (exact) mass is 539 g/mol. The fourth-order valence-corrected chi connectivity index (χ4v) is 5.64. The Hall–Kier alpha value is -4.17. The molecule has 1 saturated heterocycles. The number of aryl methyl sites for hydroxylation is 2. The van der Waals surface area contributed by atoms with Gasteiger partial charge in [-0.15, -0.1) is 0 Å². The largest absolute Gasteiger partial charge is 0.381 e. The first-order chi connectivity index (χ1) is 19.2. The summed E-state index contributed by atoms with van der Waals surface area (Å²) in [4.78, 5) is 35.6. The van der Waals surface area contributed by atoms with E-state index >= 15 is 0 Å². The average molecular weight is 540 g/mol. The van der Waals surface area contributed by atoms with Crippen LogP contribution in [-0.2, 0) is 11.3 Å². The van der Waals surface area contributed by atoms with Crippen molar-refractivity contribution in [3.05, 3.63) is 92.3 Å². The minimum absolute atomic E-state index is 0.155. The first-order valence-corrected chi connectivity index (χ1v) is 13.7. The maximum atomic E-state index is 13.8. The Morgan fingerprint density at radius 2 is 1.88 bits per heavy atom. The lowest BCUT2D eigenvalue weighted by molar-refractivity contribution is 0.0950. The van der Waals surface area contributed by atoms with Gasteiger partial charge >= 0.3 is 0 Å². The van der Waals surface area contributed by atoms with Gasteiger partial charge in [0, 0.05) is 55.4 Å². The molecule has 1 amide bonds. The summed E-state index contributed by atoms with van der Waals surface area (Å²) in [6.45, 7) is 9.48. The lowest BCUT2D eigenvalue weighted by atomic mass is 9.94. The molecule has 0 atom stereocenters. The molecule has 0 radical (unpaired) electrons. The lowest BCUT2D eigenvalue weighted by Crippen LogP contribution is -2.28. The highest BCUT2D eigenvalue weighted by atomic mass is 16.5. The number of rotatable bonds is 6. The average Bonchev–Trinajstić information content (AvgIpc) is 3.35. The van der Waals surface area contributed by atoms with Crippen molar-refractivity contribution in [2.24, 2.45) is 0 Å². The van der Waals surface area contributed by atoms with Crippen LogP contribution in [0, 0.1) is 20.8 Å². The van der Waals surface area contributed by atoms with Gasteiger partial charge in [0.25, 0.3) is 11.5 Å². The van der Waals surface area contributed by atoms with Gasteiger partial charge in [0.15, 0.2) is 0 Å². The normalized spacial score (nSPS) is 13.5. The predicted molar refractivity (Wildman–Crippen MR) is 160 cm³/mol. The second kappa shape index (κ2) is 11.1. The summed E-state index contributed by atoms with van der Waals surface area (Å²) >= 11 is 0. The van der Waals surface area contributed by atoms with E-state index in [9.17, 15) is 9.59 Å². The number of H-pyrrole nitrogens is 1. The molecule has 0 aromatic carbocycles. The van der Waals surface area contributed by atoms with E-state index in [0.29, 0.717) is 24.3 Å². The van der Waals surface area contributed by atoms with Crippen molar-refractivity contribution in [3.63, 3.8) is 0 Å². The van der Waals surface area contributed by atoms with Crippen LogP contribution in [-0.4, -0.2) is 47.6 Å². The molecule has 0 aliphatic carbocycles. The molecule has 4 aromatic heterocycles. The third kappa shape index (κ3) is 5.19. The number of hydrogen-bond donors (Lipinski definition) is 2. The van der Waals surface area contributed by atoms with E-state index in [1.54, 1.807) is 0 Å². The molecule has 1 fully saturated rings. The molecule has 5 rings (SSSR count). The first kappa shape index (κ1) is 27.4. The highest BCUT2D eigenvalue weighted by molar-refractivity contribution is 6.00. The fourth-order valence-electron chi connectivity index (χ4n) is 5.64. The number of carbonyl (C=O) groups is 1. The van der Waals surface area contributed by atoms with Gasteiger partial charge in [-0.05, 0) is 93.1 Å². The quantitative estimate of drug-likeness (QED) is 0.352. The number of hydrogen-bond acceptors (Lipinski definition) is 5. The molecule has 2 N–H and O–H groups in total. The SMILES string of the molecule is CC(=C1CCOCC1)c1c(C)c(C(=O)NCc2c(C)cc(C)[nH]c2=O)cc2c(-c3ccnc(N(C)C)c3)ccn12. The molecule has 8 heteroatoms. The Labute approximate surface area is 234 Å². The van der Waals surface area contributed by atoms with E-state index in [0.717, 1.165) is 57.8 Å². The number of pyridine rings is 3. The van der Waals surface area contributed by atoms with Gasteiger partial charge < -0.3 is 24.3 Å². The van der Waals surface area contributed by atoms with E-state index in [1.807, 2.05) is 64.2 Å². The number of nitrogens with one attached hydrogen (secondary N) is 2. The van der Waals surface area contributed by atoms with Crippen LogP contribution in [0.15, 0.2) is 53.1 Å². The van der Waals surface area contributed by atoms with Crippen LogP contribution in [0.5, 0.6) is 0 Å².